The van der Waals surface area contributed by atoms with Gasteiger partial charge in [0.1, 0.15) is 5.78 Å². The first kappa shape index (κ1) is 8.90. The minimum Gasteiger partial charge on any atom is -0.298 e. The number of carbonyl (C=O) groups is 1. The third-order valence-corrected chi connectivity index (χ3v) is 3.85. The summed E-state index contributed by atoms with van der Waals surface area (Å²) in [6.45, 7) is 1.22. The molecule has 0 aromatic rings. The molecule has 1 atom stereocenters. The summed E-state index contributed by atoms with van der Waals surface area (Å²) in [7, 11) is 0. The van der Waals surface area contributed by atoms with Crippen molar-refractivity contribution in [2.75, 3.05) is 6.54 Å². The minimum absolute atomic E-state index is 0.322. The summed E-state index contributed by atoms with van der Waals surface area (Å²) in [6, 6.07) is 1.10. The highest BCUT2D eigenvalue weighted by molar-refractivity contribution is 5.86. The second kappa shape index (κ2) is 3.34. The maximum Gasteiger partial charge on any atom is 0.149 e. The first-order valence-electron chi connectivity index (χ1n) is 6.13. The van der Waals surface area contributed by atoms with Gasteiger partial charge in [0, 0.05) is 19.0 Å². The van der Waals surface area contributed by atoms with Crippen molar-refractivity contribution < 1.29 is 4.79 Å². The van der Waals surface area contributed by atoms with Crippen LogP contribution in [-0.2, 0) is 4.79 Å². The lowest BCUT2D eigenvalue weighted by Gasteiger charge is -2.27. The average molecular weight is 193 g/mol. The van der Waals surface area contributed by atoms with Crippen LogP contribution in [-0.4, -0.2) is 29.3 Å². The van der Waals surface area contributed by atoms with E-state index in [2.05, 4.69) is 4.90 Å². The van der Waals surface area contributed by atoms with E-state index in [0.717, 1.165) is 31.2 Å². The van der Waals surface area contributed by atoms with Crippen LogP contribution in [0.3, 0.4) is 0 Å². The number of rotatable bonds is 4. The predicted molar refractivity (Wildman–Crippen MR) is 55.1 cm³/mol. The molecule has 3 rings (SSSR count). The number of carbonyl (C=O) groups excluding carboxylic acids is 1. The predicted octanol–water partition coefficient (Wildman–Crippen LogP) is 1.98. The number of Topliss-reactive ketones (excluding diaryl/α,β-unsaturated/α-hetero) is 1. The van der Waals surface area contributed by atoms with E-state index in [-0.39, 0.29) is 0 Å². The highest BCUT2D eigenvalue weighted by Gasteiger charge is 2.41. The molecule has 1 unspecified atom stereocenters. The third-order valence-electron chi connectivity index (χ3n) is 3.85. The van der Waals surface area contributed by atoms with Crippen molar-refractivity contribution >= 4 is 5.78 Å². The fourth-order valence-electron chi connectivity index (χ4n) is 2.68. The molecule has 3 fully saturated rings. The molecule has 14 heavy (non-hydrogen) atoms. The summed E-state index contributed by atoms with van der Waals surface area (Å²) in [5.41, 5.74) is 0. The Bertz CT molecular complexity index is 243. The van der Waals surface area contributed by atoms with Crippen molar-refractivity contribution in [1.29, 1.82) is 0 Å². The molecule has 2 heteroatoms. The molecule has 3 saturated carbocycles. The number of nitrogens with zero attached hydrogens (tertiary/aromatic N) is 1. The lowest BCUT2D eigenvalue weighted by molar-refractivity contribution is -0.122. The fraction of sp³-hybridized carbons (Fsp3) is 0.917. The molecule has 0 aromatic carbocycles. The van der Waals surface area contributed by atoms with Crippen molar-refractivity contribution in [3.63, 3.8) is 0 Å². The zero-order chi connectivity index (χ0) is 9.54. The maximum atomic E-state index is 11.7. The van der Waals surface area contributed by atoms with Crippen LogP contribution in [0.1, 0.15) is 44.9 Å². The van der Waals surface area contributed by atoms with Crippen molar-refractivity contribution in [2.24, 2.45) is 5.92 Å². The van der Waals surface area contributed by atoms with Crippen LogP contribution in [0.2, 0.25) is 0 Å². The molecule has 0 amide bonds. The van der Waals surface area contributed by atoms with E-state index in [4.69, 9.17) is 0 Å². The van der Waals surface area contributed by atoms with Gasteiger partial charge >= 0.3 is 0 Å². The van der Waals surface area contributed by atoms with Crippen molar-refractivity contribution in [3.05, 3.63) is 0 Å². The van der Waals surface area contributed by atoms with Crippen LogP contribution in [0, 0.1) is 5.92 Å². The molecule has 0 bridgehead atoms. The van der Waals surface area contributed by atoms with Gasteiger partial charge < -0.3 is 0 Å². The summed E-state index contributed by atoms with van der Waals surface area (Å²) in [5.74, 6) is 1.46. The van der Waals surface area contributed by atoms with E-state index in [1.165, 1.54) is 32.2 Å². The van der Waals surface area contributed by atoms with E-state index in [0.29, 0.717) is 11.8 Å². The molecule has 0 aliphatic heterocycles. The van der Waals surface area contributed by atoms with Gasteiger partial charge in [-0.2, -0.15) is 0 Å². The molecule has 0 heterocycles. The normalized spacial score (nSPS) is 32.9. The highest BCUT2D eigenvalue weighted by Crippen LogP contribution is 2.38. The zero-order valence-electron chi connectivity index (χ0n) is 8.74. The topological polar surface area (TPSA) is 20.3 Å². The molecule has 0 radical (unpaired) electrons. The lowest BCUT2D eigenvalue weighted by atomic mass is 10.1. The van der Waals surface area contributed by atoms with Gasteiger partial charge in [-0.15, -0.1) is 0 Å². The van der Waals surface area contributed by atoms with Gasteiger partial charge in [-0.25, -0.2) is 0 Å². The van der Waals surface area contributed by atoms with E-state index in [9.17, 15) is 4.79 Å². The summed E-state index contributed by atoms with van der Waals surface area (Å²) in [6.07, 6.45) is 8.62. The Morgan fingerprint density at radius 3 is 2.43 bits per heavy atom. The van der Waals surface area contributed by atoms with Gasteiger partial charge in [0.2, 0.25) is 0 Å². The average Bonchev–Trinajstić information content (AvgIpc) is 3.04. The van der Waals surface area contributed by atoms with E-state index < -0.39 is 0 Å². The second-order valence-corrected chi connectivity index (χ2v) is 5.25. The Morgan fingerprint density at radius 2 is 1.93 bits per heavy atom. The summed E-state index contributed by atoms with van der Waals surface area (Å²) in [5, 5.41) is 0. The zero-order valence-corrected chi connectivity index (χ0v) is 8.74. The standard InChI is InChI=1S/C12H19NO/c14-12-3-1-2-11(12)13(10-6-7-10)8-9-4-5-9/h9-11H,1-8H2. The van der Waals surface area contributed by atoms with Gasteiger partial charge in [-0.05, 0) is 44.4 Å². The van der Waals surface area contributed by atoms with Crippen molar-refractivity contribution in [2.45, 2.75) is 57.0 Å². The minimum atomic E-state index is 0.322. The molecule has 78 valence electrons. The van der Waals surface area contributed by atoms with Crippen LogP contribution in [0.25, 0.3) is 0 Å². The van der Waals surface area contributed by atoms with Gasteiger partial charge in [-0.3, -0.25) is 9.69 Å². The number of hydrogen-bond acceptors (Lipinski definition) is 2. The molecule has 3 aliphatic rings. The van der Waals surface area contributed by atoms with Gasteiger partial charge in [-0.1, -0.05) is 0 Å². The fourth-order valence-corrected chi connectivity index (χ4v) is 2.68. The van der Waals surface area contributed by atoms with Gasteiger partial charge in [0.05, 0.1) is 6.04 Å². The molecular weight excluding hydrogens is 174 g/mol. The molecule has 3 aliphatic carbocycles. The Hall–Kier alpha value is -0.370. The Balaban J connectivity index is 1.66. The SMILES string of the molecule is O=C1CCCC1N(CC1CC1)C1CC1. The van der Waals surface area contributed by atoms with Crippen LogP contribution >= 0.6 is 0 Å². The Labute approximate surface area is 85.7 Å². The Morgan fingerprint density at radius 1 is 1.14 bits per heavy atom. The Kier molecular flexibility index (Phi) is 2.12. The summed E-state index contributed by atoms with van der Waals surface area (Å²) in [4.78, 5) is 14.3. The summed E-state index contributed by atoms with van der Waals surface area (Å²) >= 11 is 0. The largest absolute Gasteiger partial charge is 0.298 e. The monoisotopic (exact) mass is 193 g/mol. The van der Waals surface area contributed by atoms with Crippen LogP contribution in [0.4, 0.5) is 0 Å². The van der Waals surface area contributed by atoms with Crippen LogP contribution < -0.4 is 0 Å². The van der Waals surface area contributed by atoms with Crippen molar-refractivity contribution in [1.82, 2.24) is 4.90 Å². The molecular formula is C12H19NO. The first-order chi connectivity index (χ1) is 6.84. The van der Waals surface area contributed by atoms with E-state index in [1.54, 1.807) is 0 Å². The van der Waals surface area contributed by atoms with Crippen LogP contribution in [0.5, 0.6) is 0 Å². The van der Waals surface area contributed by atoms with E-state index >= 15 is 0 Å². The third kappa shape index (κ3) is 1.72. The first-order valence-corrected chi connectivity index (χ1v) is 6.13. The molecule has 2 nitrogen and oxygen atoms in total. The quantitative estimate of drug-likeness (QED) is 0.680. The lowest BCUT2D eigenvalue weighted by Crippen LogP contribution is -2.41. The molecule has 0 aromatic heterocycles. The summed E-state index contributed by atoms with van der Waals surface area (Å²) < 4.78 is 0. The smallest absolute Gasteiger partial charge is 0.149 e. The van der Waals surface area contributed by atoms with E-state index in [1.807, 2.05) is 0 Å². The molecule has 0 saturated heterocycles. The van der Waals surface area contributed by atoms with Crippen molar-refractivity contribution in [3.8, 4) is 0 Å². The highest BCUT2D eigenvalue weighted by atomic mass is 16.1. The molecule has 0 spiro atoms. The van der Waals surface area contributed by atoms with Gasteiger partial charge in [0.15, 0.2) is 0 Å². The maximum absolute atomic E-state index is 11.7. The van der Waals surface area contributed by atoms with Crippen LogP contribution in [0.15, 0.2) is 0 Å². The van der Waals surface area contributed by atoms with Gasteiger partial charge in [0.25, 0.3) is 0 Å². The number of ketones is 1. The molecule has 0 N–H and O–H groups in total. The number of hydrogen-bond donors (Lipinski definition) is 0. The second-order valence-electron chi connectivity index (χ2n) is 5.25.